The van der Waals surface area contributed by atoms with Crippen LogP contribution in [0.15, 0.2) is 30.7 Å². The lowest BCUT2D eigenvalue weighted by Crippen LogP contribution is -2.35. The summed E-state index contributed by atoms with van der Waals surface area (Å²) < 4.78 is 13.4. The Kier molecular flexibility index (Phi) is 6.13. The summed E-state index contributed by atoms with van der Waals surface area (Å²) in [6.45, 7) is 0. The van der Waals surface area contributed by atoms with E-state index < -0.39 is 5.82 Å². The number of nitrogens with one attached hydrogen (secondary N) is 2. The molecule has 31 heavy (non-hydrogen) atoms. The number of carbonyl (C=O) groups is 1. The highest BCUT2D eigenvalue weighted by Crippen LogP contribution is 2.28. The van der Waals surface area contributed by atoms with E-state index in [0.717, 1.165) is 25.7 Å². The van der Waals surface area contributed by atoms with Gasteiger partial charge in [0.2, 0.25) is 11.9 Å². The molecule has 1 aliphatic rings. The third kappa shape index (κ3) is 4.82. The minimum atomic E-state index is -0.490. The van der Waals surface area contributed by atoms with E-state index in [4.69, 9.17) is 11.6 Å². The number of anilines is 3. The molecular weight excluding hydrogens is 421 g/mol. The molecule has 1 fully saturated rings. The van der Waals surface area contributed by atoms with Gasteiger partial charge in [0.1, 0.15) is 23.2 Å². The molecule has 0 saturated heterocycles. The number of rotatable bonds is 5. The first-order chi connectivity index (χ1) is 14.9. The predicted molar refractivity (Wildman–Crippen MR) is 118 cm³/mol. The van der Waals surface area contributed by atoms with Crippen molar-refractivity contribution in [1.82, 2.24) is 24.8 Å². The molecule has 3 aromatic rings. The largest absolute Gasteiger partial charge is 0.351 e. The minimum Gasteiger partial charge on any atom is -0.351 e. The molecule has 10 heteroatoms. The van der Waals surface area contributed by atoms with Gasteiger partial charge in [0.05, 0.1) is 11.2 Å². The van der Waals surface area contributed by atoms with Gasteiger partial charge in [-0.3, -0.25) is 4.79 Å². The molecule has 8 nitrogen and oxygen atoms in total. The van der Waals surface area contributed by atoms with Crippen LogP contribution in [0.1, 0.15) is 25.7 Å². The number of carbonyl (C=O) groups excluding carboxylic acids is 1. The lowest BCUT2D eigenvalue weighted by Gasteiger charge is -2.29. The van der Waals surface area contributed by atoms with E-state index in [1.807, 2.05) is 0 Å². The molecule has 1 aromatic carbocycles. The van der Waals surface area contributed by atoms with Crippen LogP contribution in [0.2, 0.25) is 5.02 Å². The average Bonchev–Trinajstić information content (AvgIpc) is 2.76. The van der Waals surface area contributed by atoms with Gasteiger partial charge in [-0.05, 0) is 43.9 Å². The third-order valence-corrected chi connectivity index (χ3v) is 5.70. The summed E-state index contributed by atoms with van der Waals surface area (Å²) in [4.78, 5) is 31.3. The number of benzene rings is 1. The van der Waals surface area contributed by atoms with Gasteiger partial charge in [0.15, 0.2) is 5.82 Å². The molecule has 0 bridgehead atoms. The maximum atomic E-state index is 13.4. The molecule has 0 aliphatic heterocycles. The van der Waals surface area contributed by atoms with Gasteiger partial charge < -0.3 is 15.5 Å². The summed E-state index contributed by atoms with van der Waals surface area (Å²) in [5, 5.41) is 6.50. The maximum absolute atomic E-state index is 13.4. The fourth-order valence-electron chi connectivity index (χ4n) is 3.76. The van der Waals surface area contributed by atoms with Crippen LogP contribution in [0.3, 0.4) is 0 Å². The number of fused-ring (bicyclic) bond motifs is 1. The highest BCUT2D eigenvalue weighted by molar-refractivity contribution is 6.31. The number of hydrogen-bond donors (Lipinski definition) is 2. The van der Waals surface area contributed by atoms with Crippen LogP contribution in [0.5, 0.6) is 0 Å². The molecule has 0 spiro atoms. The Balaban J connectivity index is 1.49. The van der Waals surface area contributed by atoms with Gasteiger partial charge in [-0.15, -0.1) is 0 Å². The Morgan fingerprint density at radius 1 is 1.16 bits per heavy atom. The molecule has 1 aliphatic carbocycles. The zero-order valence-electron chi connectivity index (χ0n) is 17.3. The molecule has 0 unspecified atom stereocenters. The van der Waals surface area contributed by atoms with Crippen molar-refractivity contribution < 1.29 is 9.18 Å². The van der Waals surface area contributed by atoms with E-state index in [0.29, 0.717) is 28.5 Å². The smallest absolute Gasteiger partial charge is 0.225 e. The fourth-order valence-corrected chi connectivity index (χ4v) is 3.94. The Bertz CT molecular complexity index is 1100. The molecule has 1 saturated carbocycles. The van der Waals surface area contributed by atoms with Crippen LogP contribution in [0.4, 0.5) is 21.8 Å². The van der Waals surface area contributed by atoms with Crippen LogP contribution < -0.4 is 10.6 Å². The zero-order valence-corrected chi connectivity index (χ0v) is 18.0. The quantitative estimate of drug-likeness (QED) is 0.614. The van der Waals surface area contributed by atoms with Crippen molar-refractivity contribution in [3.8, 4) is 0 Å². The van der Waals surface area contributed by atoms with Crippen molar-refractivity contribution in [2.45, 2.75) is 31.7 Å². The average molecular weight is 444 g/mol. The molecule has 2 aromatic heterocycles. The lowest BCUT2D eigenvalue weighted by atomic mass is 9.85. The monoisotopic (exact) mass is 443 g/mol. The van der Waals surface area contributed by atoms with Crippen molar-refractivity contribution in [2.24, 2.45) is 5.92 Å². The SMILES string of the molecule is CN(C)C(=O)[C@H]1CC[C@H](Nc2ncc3ncnc(Nc4ccc(F)c(Cl)c4)c3n2)CC1. The predicted octanol–water partition coefficient (Wildman–Crippen LogP) is 4.01. The van der Waals surface area contributed by atoms with Crippen LogP contribution in [-0.4, -0.2) is 50.9 Å². The van der Waals surface area contributed by atoms with Gasteiger partial charge in [-0.2, -0.15) is 0 Å². The second-order valence-electron chi connectivity index (χ2n) is 7.83. The first-order valence-electron chi connectivity index (χ1n) is 10.1. The summed E-state index contributed by atoms with van der Waals surface area (Å²) in [5.41, 5.74) is 1.71. The van der Waals surface area contributed by atoms with Gasteiger partial charge in [0.25, 0.3) is 0 Å². The molecule has 0 atom stereocenters. The molecule has 1 amide bonds. The normalized spacial score (nSPS) is 18.6. The minimum absolute atomic E-state index is 0.0173. The standard InChI is InChI=1S/C21H23ClFN7O/c1-30(2)20(31)12-3-5-13(6-4-12)28-21-24-10-17-18(29-21)19(26-11-25-17)27-14-7-8-16(23)15(22)9-14/h7-13H,3-6H2,1-2H3,(H,24,28,29)(H,25,26,27)/t12-,13-. The van der Waals surface area contributed by atoms with E-state index in [2.05, 4.69) is 30.6 Å². The topological polar surface area (TPSA) is 95.9 Å². The number of nitrogens with zero attached hydrogens (tertiary/aromatic N) is 5. The van der Waals surface area contributed by atoms with Crippen LogP contribution in [0.25, 0.3) is 11.0 Å². The van der Waals surface area contributed by atoms with E-state index in [-0.39, 0.29) is 22.9 Å². The third-order valence-electron chi connectivity index (χ3n) is 5.41. The zero-order chi connectivity index (χ0) is 22.0. The second kappa shape index (κ2) is 8.97. The maximum Gasteiger partial charge on any atom is 0.225 e. The van der Waals surface area contributed by atoms with Crippen LogP contribution in [0, 0.1) is 11.7 Å². The molecular formula is C21H23ClFN7O. The number of halogens is 2. The van der Waals surface area contributed by atoms with Crippen LogP contribution >= 0.6 is 11.6 Å². The Hall–Kier alpha value is -3.07. The van der Waals surface area contributed by atoms with E-state index in [1.165, 1.54) is 18.5 Å². The molecule has 162 valence electrons. The highest BCUT2D eigenvalue weighted by atomic mass is 35.5. The molecule has 4 rings (SSSR count). The molecule has 0 radical (unpaired) electrons. The summed E-state index contributed by atoms with van der Waals surface area (Å²) >= 11 is 5.87. The molecule has 2 N–H and O–H groups in total. The van der Waals surface area contributed by atoms with Crippen molar-refractivity contribution >= 4 is 46.0 Å². The van der Waals surface area contributed by atoms with E-state index >= 15 is 0 Å². The van der Waals surface area contributed by atoms with Crippen molar-refractivity contribution in [2.75, 3.05) is 24.7 Å². The van der Waals surface area contributed by atoms with Crippen molar-refractivity contribution in [1.29, 1.82) is 0 Å². The van der Waals surface area contributed by atoms with Gasteiger partial charge >= 0.3 is 0 Å². The van der Waals surface area contributed by atoms with E-state index in [9.17, 15) is 9.18 Å². The Labute approximate surface area is 184 Å². The summed E-state index contributed by atoms with van der Waals surface area (Å²) in [7, 11) is 3.59. The number of hydrogen-bond acceptors (Lipinski definition) is 7. The summed E-state index contributed by atoms with van der Waals surface area (Å²) in [6, 6.07) is 4.54. The van der Waals surface area contributed by atoms with Gasteiger partial charge in [0, 0.05) is 31.7 Å². The van der Waals surface area contributed by atoms with Gasteiger partial charge in [-0.1, -0.05) is 11.6 Å². The second-order valence-corrected chi connectivity index (χ2v) is 8.24. The number of amides is 1. The van der Waals surface area contributed by atoms with Crippen molar-refractivity contribution in [3.05, 3.63) is 41.6 Å². The van der Waals surface area contributed by atoms with Gasteiger partial charge in [-0.25, -0.2) is 24.3 Å². The lowest BCUT2D eigenvalue weighted by molar-refractivity contribution is -0.133. The van der Waals surface area contributed by atoms with E-state index in [1.54, 1.807) is 31.3 Å². The fraction of sp³-hybridized carbons (Fsp3) is 0.381. The Morgan fingerprint density at radius 3 is 2.65 bits per heavy atom. The first kappa shape index (κ1) is 21.2. The summed E-state index contributed by atoms with van der Waals surface area (Å²) in [5.74, 6) is 0.727. The van der Waals surface area contributed by atoms with Crippen LogP contribution in [-0.2, 0) is 4.79 Å². The molecule has 2 heterocycles. The highest BCUT2D eigenvalue weighted by Gasteiger charge is 2.27. The number of aromatic nitrogens is 4. The summed E-state index contributed by atoms with van der Waals surface area (Å²) in [6.07, 6.45) is 6.46. The van der Waals surface area contributed by atoms with Crippen molar-refractivity contribution in [3.63, 3.8) is 0 Å². The Morgan fingerprint density at radius 2 is 1.94 bits per heavy atom. The first-order valence-corrected chi connectivity index (χ1v) is 10.5.